The Morgan fingerprint density at radius 2 is 1.96 bits per heavy atom. The molecule has 2 aliphatic heterocycles. The van der Waals surface area contributed by atoms with E-state index in [2.05, 4.69) is 0 Å². The van der Waals surface area contributed by atoms with Gasteiger partial charge in [-0.15, -0.1) is 0 Å². The van der Waals surface area contributed by atoms with Crippen LogP contribution < -0.4 is 0 Å². The number of carbonyl (C=O) groups excluding carboxylic acids is 3. The van der Waals surface area contributed by atoms with Gasteiger partial charge in [-0.2, -0.15) is 0 Å². The van der Waals surface area contributed by atoms with Gasteiger partial charge in [-0.3, -0.25) is 14.5 Å². The van der Waals surface area contributed by atoms with Crippen molar-refractivity contribution < 1.29 is 23.9 Å². The SMILES string of the molecule is CCC[C@@H]1C=C[C@H]2CCN(C(=O)OC(C)(C)C)[C@@H]2C(=O)N1CC(=O)OC. The number of esters is 1. The van der Waals surface area contributed by atoms with E-state index >= 15 is 0 Å². The van der Waals surface area contributed by atoms with Crippen molar-refractivity contribution in [3.05, 3.63) is 12.2 Å². The van der Waals surface area contributed by atoms with E-state index in [0.717, 1.165) is 12.8 Å². The summed E-state index contributed by atoms with van der Waals surface area (Å²) in [7, 11) is 1.31. The molecule has 0 aliphatic carbocycles. The lowest BCUT2D eigenvalue weighted by atomic mass is 10.00. The van der Waals surface area contributed by atoms with Gasteiger partial charge in [-0.25, -0.2) is 4.79 Å². The van der Waals surface area contributed by atoms with Crippen LogP contribution in [-0.4, -0.2) is 65.7 Å². The molecule has 2 rings (SSSR count). The van der Waals surface area contributed by atoms with Crippen LogP contribution in [0.15, 0.2) is 12.2 Å². The molecule has 2 amide bonds. The van der Waals surface area contributed by atoms with Gasteiger partial charge in [0.1, 0.15) is 18.2 Å². The van der Waals surface area contributed by atoms with Crippen LogP contribution in [0.25, 0.3) is 0 Å². The molecule has 0 radical (unpaired) electrons. The fraction of sp³-hybridized carbons (Fsp3) is 0.737. The highest BCUT2D eigenvalue weighted by Gasteiger charge is 2.46. The average molecular weight is 366 g/mol. The molecule has 7 heteroatoms. The lowest BCUT2D eigenvalue weighted by Crippen LogP contribution is -2.53. The van der Waals surface area contributed by atoms with Crippen molar-refractivity contribution in [3.63, 3.8) is 0 Å². The summed E-state index contributed by atoms with van der Waals surface area (Å²) in [6.07, 6.45) is 5.87. The van der Waals surface area contributed by atoms with Crippen molar-refractivity contribution in [3.8, 4) is 0 Å². The second-order valence-electron chi connectivity index (χ2n) is 7.85. The second-order valence-corrected chi connectivity index (χ2v) is 7.85. The highest BCUT2D eigenvalue weighted by molar-refractivity contribution is 5.90. The standard InChI is InChI=1S/C19H30N2O5/c1-6-7-14-9-8-13-10-11-20(18(24)26-19(2,3)4)16(13)17(23)21(14)12-15(22)25-5/h8-9,13-14,16H,6-7,10-12H2,1-5H3/t13-,14+,16-/m0/s1. The van der Waals surface area contributed by atoms with Crippen LogP contribution in [0.5, 0.6) is 0 Å². The van der Waals surface area contributed by atoms with Crippen molar-refractivity contribution in [1.82, 2.24) is 9.80 Å². The number of amides is 2. The Bertz CT molecular complexity index is 581. The summed E-state index contributed by atoms with van der Waals surface area (Å²) in [5, 5.41) is 0. The molecule has 0 aromatic carbocycles. The Kier molecular flexibility index (Phi) is 6.31. The fourth-order valence-electron chi connectivity index (χ4n) is 3.51. The van der Waals surface area contributed by atoms with E-state index in [1.54, 1.807) is 25.7 Å². The molecule has 0 saturated carbocycles. The number of hydrogen-bond acceptors (Lipinski definition) is 5. The van der Waals surface area contributed by atoms with Crippen LogP contribution in [0.2, 0.25) is 0 Å². The predicted octanol–water partition coefficient (Wildman–Crippen LogP) is 2.35. The largest absolute Gasteiger partial charge is 0.468 e. The van der Waals surface area contributed by atoms with Crippen molar-refractivity contribution in [2.75, 3.05) is 20.2 Å². The molecule has 26 heavy (non-hydrogen) atoms. The average Bonchev–Trinajstić information content (AvgIpc) is 2.93. The normalized spacial score (nSPS) is 25.7. The summed E-state index contributed by atoms with van der Waals surface area (Å²) >= 11 is 0. The number of hydrogen-bond donors (Lipinski definition) is 0. The molecular formula is C19H30N2O5. The first-order valence-electron chi connectivity index (χ1n) is 9.23. The van der Waals surface area contributed by atoms with Gasteiger partial charge in [-0.05, 0) is 33.6 Å². The quantitative estimate of drug-likeness (QED) is 0.564. The van der Waals surface area contributed by atoms with Gasteiger partial charge in [0.25, 0.3) is 0 Å². The first kappa shape index (κ1) is 20.3. The minimum absolute atomic E-state index is 0.0583. The van der Waals surface area contributed by atoms with Crippen molar-refractivity contribution in [2.45, 2.75) is 64.6 Å². The highest BCUT2D eigenvalue weighted by atomic mass is 16.6. The Hall–Kier alpha value is -2.05. The second kappa shape index (κ2) is 8.10. The summed E-state index contributed by atoms with van der Waals surface area (Å²) in [5.74, 6) is -0.739. The van der Waals surface area contributed by atoms with Gasteiger partial charge in [0.05, 0.1) is 13.2 Å². The smallest absolute Gasteiger partial charge is 0.410 e. The van der Waals surface area contributed by atoms with E-state index in [-0.39, 0.29) is 24.4 Å². The molecule has 0 bridgehead atoms. The molecule has 1 fully saturated rings. The Labute approximate surface area is 155 Å². The van der Waals surface area contributed by atoms with Crippen LogP contribution >= 0.6 is 0 Å². The highest BCUT2D eigenvalue weighted by Crippen LogP contribution is 2.32. The summed E-state index contributed by atoms with van der Waals surface area (Å²) in [6, 6.07) is -0.801. The van der Waals surface area contributed by atoms with Crippen molar-refractivity contribution in [1.29, 1.82) is 0 Å². The maximum Gasteiger partial charge on any atom is 0.410 e. The number of rotatable bonds is 4. The number of nitrogens with zero attached hydrogens (tertiary/aromatic N) is 2. The molecule has 0 spiro atoms. The van der Waals surface area contributed by atoms with Gasteiger partial charge in [-0.1, -0.05) is 25.5 Å². The summed E-state index contributed by atoms with van der Waals surface area (Å²) in [4.78, 5) is 40.7. The predicted molar refractivity (Wildman–Crippen MR) is 96.4 cm³/mol. The number of fused-ring (bicyclic) bond motifs is 1. The minimum Gasteiger partial charge on any atom is -0.468 e. The summed E-state index contributed by atoms with van der Waals surface area (Å²) < 4.78 is 10.2. The molecule has 0 unspecified atom stereocenters. The molecule has 7 nitrogen and oxygen atoms in total. The molecule has 0 aromatic rings. The minimum atomic E-state index is -0.632. The van der Waals surface area contributed by atoms with Crippen LogP contribution in [0.1, 0.15) is 47.0 Å². The van der Waals surface area contributed by atoms with E-state index < -0.39 is 23.7 Å². The van der Waals surface area contributed by atoms with Gasteiger partial charge >= 0.3 is 12.1 Å². The summed E-state index contributed by atoms with van der Waals surface area (Å²) in [6.45, 7) is 7.78. The van der Waals surface area contributed by atoms with Crippen LogP contribution in [0, 0.1) is 5.92 Å². The third-order valence-electron chi connectivity index (χ3n) is 4.70. The topological polar surface area (TPSA) is 76.2 Å². The van der Waals surface area contributed by atoms with E-state index in [0.29, 0.717) is 13.0 Å². The molecule has 2 heterocycles. The van der Waals surface area contributed by atoms with E-state index in [9.17, 15) is 14.4 Å². The lowest BCUT2D eigenvalue weighted by Gasteiger charge is -2.34. The van der Waals surface area contributed by atoms with E-state index in [1.807, 2.05) is 19.1 Å². The van der Waals surface area contributed by atoms with Gasteiger partial charge in [0.15, 0.2) is 0 Å². The Balaban J connectivity index is 2.28. The molecule has 1 saturated heterocycles. The van der Waals surface area contributed by atoms with E-state index in [4.69, 9.17) is 9.47 Å². The van der Waals surface area contributed by atoms with Crippen molar-refractivity contribution >= 4 is 18.0 Å². The maximum absolute atomic E-state index is 13.3. The molecule has 0 aromatic heterocycles. The first-order valence-corrected chi connectivity index (χ1v) is 9.23. The molecular weight excluding hydrogens is 336 g/mol. The van der Waals surface area contributed by atoms with Crippen molar-refractivity contribution in [2.24, 2.45) is 5.92 Å². The van der Waals surface area contributed by atoms with E-state index in [1.165, 1.54) is 12.0 Å². The third-order valence-corrected chi connectivity index (χ3v) is 4.70. The Morgan fingerprint density at radius 1 is 1.27 bits per heavy atom. The maximum atomic E-state index is 13.3. The number of methoxy groups -OCH3 is 1. The third kappa shape index (κ3) is 4.56. The molecule has 3 atom stereocenters. The van der Waals surface area contributed by atoms with Gasteiger partial charge < -0.3 is 14.4 Å². The zero-order valence-corrected chi connectivity index (χ0v) is 16.4. The molecule has 2 aliphatic rings. The Morgan fingerprint density at radius 3 is 2.54 bits per heavy atom. The zero-order valence-electron chi connectivity index (χ0n) is 16.4. The monoisotopic (exact) mass is 366 g/mol. The van der Waals surface area contributed by atoms with Crippen LogP contribution in [0.4, 0.5) is 4.79 Å². The zero-order chi connectivity index (χ0) is 19.5. The lowest BCUT2D eigenvalue weighted by molar-refractivity contribution is -0.150. The molecule has 146 valence electrons. The fourth-order valence-corrected chi connectivity index (χ4v) is 3.51. The summed E-state index contributed by atoms with van der Waals surface area (Å²) in [5.41, 5.74) is -0.630. The number of ether oxygens (including phenoxy) is 2. The van der Waals surface area contributed by atoms with Crippen LogP contribution in [0.3, 0.4) is 0 Å². The van der Waals surface area contributed by atoms with Gasteiger partial charge in [0.2, 0.25) is 5.91 Å². The number of carbonyl (C=O) groups is 3. The first-order chi connectivity index (χ1) is 12.2. The van der Waals surface area contributed by atoms with Crippen LogP contribution in [-0.2, 0) is 19.1 Å². The van der Waals surface area contributed by atoms with Gasteiger partial charge in [0, 0.05) is 12.5 Å². The number of likely N-dealkylation sites (tertiary alicyclic amines) is 1. The molecule has 0 N–H and O–H groups in total.